The fraction of sp³-hybridized carbons (Fsp3) is 1.00. The Bertz CT molecular complexity index is 820. The summed E-state index contributed by atoms with van der Waals surface area (Å²) in [6.07, 6.45) is 35.4. The first-order valence-corrected chi connectivity index (χ1v) is 26.1. The van der Waals surface area contributed by atoms with Crippen molar-refractivity contribution in [2.24, 2.45) is 16.2 Å². The molecule has 0 aromatic heterocycles. The van der Waals surface area contributed by atoms with E-state index in [1.165, 1.54) is 174 Å². The van der Waals surface area contributed by atoms with Gasteiger partial charge in [-0.3, -0.25) is 0 Å². The zero-order valence-electron chi connectivity index (χ0n) is 39.5. The van der Waals surface area contributed by atoms with Crippen LogP contribution in [0.1, 0.15) is 222 Å². The van der Waals surface area contributed by atoms with E-state index in [4.69, 9.17) is 13.3 Å². The van der Waals surface area contributed by atoms with Crippen LogP contribution in [0.15, 0.2) is 0 Å². The van der Waals surface area contributed by atoms with Gasteiger partial charge in [0, 0.05) is 48.5 Å². The molecule has 0 bridgehead atoms. The lowest BCUT2D eigenvalue weighted by atomic mass is 9.97. The molecule has 0 spiro atoms. The van der Waals surface area contributed by atoms with Crippen molar-refractivity contribution < 1.29 is 33.1 Å². The molecule has 0 aliphatic rings. The van der Waals surface area contributed by atoms with Crippen molar-refractivity contribution >= 4 is 8.80 Å². The van der Waals surface area contributed by atoms with E-state index in [0.717, 1.165) is 17.4 Å². The molecule has 0 heterocycles. The smallest absolute Gasteiger partial charge is 0.396 e. The minimum absolute atomic E-state index is 0.00869. The lowest BCUT2D eigenvalue weighted by molar-refractivity contribution is -0.910. The zero-order valence-corrected chi connectivity index (χ0v) is 40.5. The molecule has 0 amide bonds. The standard InChI is InChI=1S/C48H102NO6Si/c1-10-12-14-16-18-20-21-22-23-24-25-26-28-30-32-34-37-49(9,36-33-31-29-27-19-17-15-13-11-2)38-35-39-56(53-43-46(3,4)40-50,54-44-47(5,6)41-51)55-45-48(7,8)42-52/h50-52H,10-45H2,1-9H3/q+1. The Morgan fingerprint density at radius 1 is 0.375 bits per heavy atom. The Kier molecular flexibility index (Phi) is 33.6. The second-order valence-electron chi connectivity index (χ2n) is 20.5. The van der Waals surface area contributed by atoms with Gasteiger partial charge in [0.1, 0.15) is 0 Å². The van der Waals surface area contributed by atoms with Crippen LogP contribution >= 0.6 is 0 Å². The minimum Gasteiger partial charge on any atom is -0.396 e. The second-order valence-corrected chi connectivity index (χ2v) is 23.3. The largest absolute Gasteiger partial charge is 0.501 e. The van der Waals surface area contributed by atoms with Gasteiger partial charge in [0.05, 0.1) is 46.5 Å². The van der Waals surface area contributed by atoms with E-state index >= 15 is 0 Å². The quantitative estimate of drug-likeness (QED) is 0.0323. The normalized spacial score (nSPS) is 14.1. The van der Waals surface area contributed by atoms with Crippen molar-refractivity contribution in [1.29, 1.82) is 0 Å². The number of unbranched alkanes of at least 4 members (excludes halogenated alkanes) is 23. The minimum atomic E-state index is -3.26. The van der Waals surface area contributed by atoms with Gasteiger partial charge in [-0.15, -0.1) is 0 Å². The lowest BCUT2D eigenvalue weighted by Crippen LogP contribution is -2.53. The second kappa shape index (κ2) is 33.6. The first kappa shape index (κ1) is 55.9. The first-order valence-electron chi connectivity index (χ1n) is 24.2. The van der Waals surface area contributed by atoms with Gasteiger partial charge in [0.2, 0.25) is 0 Å². The zero-order chi connectivity index (χ0) is 42.1. The molecule has 0 aromatic carbocycles. The summed E-state index contributed by atoms with van der Waals surface area (Å²) in [6, 6.07) is 0.683. The molecule has 1 unspecified atom stereocenters. The summed E-state index contributed by atoms with van der Waals surface area (Å²) < 4.78 is 21.2. The molecular weight excluding hydrogens is 715 g/mol. The predicted octanol–water partition coefficient (Wildman–Crippen LogP) is 12.7. The van der Waals surface area contributed by atoms with Gasteiger partial charge in [-0.1, -0.05) is 190 Å². The van der Waals surface area contributed by atoms with E-state index in [9.17, 15) is 15.3 Å². The van der Waals surface area contributed by atoms with Crippen LogP contribution in [0.3, 0.4) is 0 Å². The molecule has 0 radical (unpaired) electrons. The summed E-state index contributed by atoms with van der Waals surface area (Å²) in [4.78, 5) is 0. The number of hydrogen-bond acceptors (Lipinski definition) is 6. The van der Waals surface area contributed by atoms with Crippen molar-refractivity contribution in [3.8, 4) is 0 Å². The maximum Gasteiger partial charge on any atom is 0.501 e. The first-order chi connectivity index (χ1) is 26.6. The van der Waals surface area contributed by atoms with E-state index in [1.54, 1.807) is 0 Å². The maximum absolute atomic E-state index is 10.1. The van der Waals surface area contributed by atoms with Crippen molar-refractivity contribution in [2.75, 3.05) is 66.3 Å². The topological polar surface area (TPSA) is 88.4 Å². The summed E-state index contributed by atoms with van der Waals surface area (Å²) in [7, 11) is -0.784. The van der Waals surface area contributed by atoms with E-state index < -0.39 is 25.0 Å². The van der Waals surface area contributed by atoms with Crippen molar-refractivity contribution in [3.05, 3.63) is 0 Å². The summed E-state index contributed by atoms with van der Waals surface area (Å²) >= 11 is 0. The van der Waals surface area contributed by atoms with Gasteiger partial charge < -0.3 is 33.1 Å². The summed E-state index contributed by atoms with van der Waals surface area (Å²) in [6.45, 7) is 21.1. The third kappa shape index (κ3) is 31.8. The summed E-state index contributed by atoms with van der Waals surface area (Å²) in [5, 5.41) is 30.2. The van der Waals surface area contributed by atoms with Gasteiger partial charge in [0.25, 0.3) is 0 Å². The summed E-state index contributed by atoms with van der Waals surface area (Å²) in [5.41, 5.74) is -1.30. The van der Waals surface area contributed by atoms with E-state index in [2.05, 4.69) is 20.9 Å². The molecule has 0 aromatic rings. The highest BCUT2D eigenvalue weighted by atomic mass is 28.4. The Morgan fingerprint density at radius 3 is 0.857 bits per heavy atom. The van der Waals surface area contributed by atoms with Crippen LogP contribution in [-0.2, 0) is 13.3 Å². The molecule has 7 nitrogen and oxygen atoms in total. The van der Waals surface area contributed by atoms with E-state index in [1.807, 2.05) is 41.5 Å². The molecule has 0 aliphatic carbocycles. The SMILES string of the molecule is CCCCCCCCCCCCCCCCCC[N+](C)(CCCCCCCCCCC)CCC[Si](OCC(C)(C)CO)(OCC(C)(C)CO)OCC(C)(C)CO. The van der Waals surface area contributed by atoms with Crippen LogP contribution in [0, 0.1) is 16.2 Å². The molecule has 0 rings (SSSR count). The van der Waals surface area contributed by atoms with Gasteiger partial charge >= 0.3 is 8.80 Å². The van der Waals surface area contributed by atoms with Gasteiger partial charge in [-0.05, 0) is 25.7 Å². The monoisotopic (exact) mass is 817 g/mol. The van der Waals surface area contributed by atoms with Crippen molar-refractivity contribution in [2.45, 2.75) is 228 Å². The molecule has 56 heavy (non-hydrogen) atoms. The Hall–Kier alpha value is -0.0631. The van der Waals surface area contributed by atoms with Crippen LogP contribution in [0.5, 0.6) is 0 Å². The molecule has 3 N–H and O–H groups in total. The highest BCUT2D eigenvalue weighted by Gasteiger charge is 2.45. The van der Waals surface area contributed by atoms with Crippen molar-refractivity contribution in [3.63, 3.8) is 0 Å². The average Bonchev–Trinajstić information content (AvgIpc) is 3.17. The van der Waals surface area contributed by atoms with Crippen molar-refractivity contribution in [1.82, 2.24) is 0 Å². The average molecular weight is 817 g/mol. The highest BCUT2D eigenvalue weighted by Crippen LogP contribution is 2.29. The molecule has 8 heteroatoms. The fourth-order valence-corrected chi connectivity index (χ4v) is 10.4. The molecule has 0 aliphatic heterocycles. The van der Waals surface area contributed by atoms with Crippen LogP contribution in [0.4, 0.5) is 0 Å². The number of hydrogen-bond donors (Lipinski definition) is 3. The van der Waals surface area contributed by atoms with Gasteiger partial charge in [-0.25, -0.2) is 0 Å². The molecule has 0 fully saturated rings. The Balaban J connectivity index is 5.34. The van der Waals surface area contributed by atoms with Gasteiger partial charge in [-0.2, -0.15) is 0 Å². The Labute approximate surface area is 351 Å². The molecule has 338 valence electrons. The molecule has 0 saturated heterocycles. The molecular formula is C48H102NO6Si+. The summed E-state index contributed by atoms with van der Waals surface area (Å²) in [5.74, 6) is 0. The van der Waals surface area contributed by atoms with Crippen LogP contribution in [-0.4, -0.2) is 94.9 Å². The highest BCUT2D eigenvalue weighted by molar-refractivity contribution is 6.60. The third-order valence-corrected chi connectivity index (χ3v) is 14.6. The van der Waals surface area contributed by atoms with Gasteiger partial charge in [0.15, 0.2) is 0 Å². The number of nitrogens with zero attached hydrogens (tertiary/aromatic N) is 1. The number of rotatable bonds is 43. The van der Waals surface area contributed by atoms with Crippen LogP contribution in [0.2, 0.25) is 6.04 Å². The molecule has 1 atom stereocenters. The van der Waals surface area contributed by atoms with Crippen LogP contribution < -0.4 is 0 Å². The third-order valence-electron chi connectivity index (χ3n) is 11.9. The lowest BCUT2D eigenvalue weighted by Gasteiger charge is -2.39. The van der Waals surface area contributed by atoms with E-state index in [0.29, 0.717) is 25.9 Å². The number of aliphatic hydroxyl groups is 3. The molecule has 0 saturated carbocycles. The number of quaternary nitrogens is 1. The van der Waals surface area contributed by atoms with E-state index in [-0.39, 0.29) is 19.8 Å². The number of aliphatic hydroxyl groups excluding tert-OH is 3. The maximum atomic E-state index is 10.1. The Morgan fingerprint density at radius 2 is 0.607 bits per heavy atom. The fourth-order valence-electron chi connectivity index (χ4n) is 7.25. The van der Waals surface area contributed by atoms with Crippen LogP contribution in [0.25, 0.3) is 0 Å². The predicted molar refractivity (Wildman–Crippen MR) is 243 cm³/mol.